The predicted octanol–water partition coefficient (Wildman–Crippen LogP) is 6.59. The van der Waals surface area contributed by atoms with Gasteiger partial charge in [0.2, 0.25) is 6.41 Å². The minimum Gasteiger partial charge on any atom is -0.372 e. The van der Waals surface area contributed by atoms with Crippen LogP contribution < -0.4 is 11.1 Å². The molecule has 5 nitrogen and oxygen atoms in total. The molecule has 1 aromatic carbocycles. The lowest BCUT2D eigenvalue weighted by Gasteiger charge is -2.46. The van der Waals surface area contributed by atoms with Crippen LogP contribution in [0.5, 0.6) is 0 Å². The third-order valence-corrected chi connectivity index (χ3v) is 8.39. The molecule has 1 aliphatic heterocycles. The van der Waals surface area contributed by atoms with Crippen molar-refractivity contribution >= 4 is 23.4 Å². The summed E-state index contributed by atoms with van der Waals surface area (Å²) in [4.78, 5) is 15.4. The monoisotopic (exact) mass is 568 g/mol. The van der Waals surface area contributed by atoms with Crippen LogP contribution >= 0.6 is 11.3 Å². The molecule has 2 atom stereocenters. The van der Waals surface area contributed by atoms with Gasteiger partial charge in [-0.05, 0) is 82.5 Å². The Hall–Kier alpha value is -3.05. The largest absolute Gasteiger partial charge is 0.442 e. The average molecular weight is 569 g/mol. The van der Waals surface area contributed by atoms with E-state index in [0.29, 0.717) is 4.88 Å². The highest BCUT2D eigenvalue weighted by atomic mass is 32.1. The van der Waals surface area contributed by atoms with Gasteiger partial charge >= 0.3 is 6.18 Å². The van der Waals surface area contributed by atoms with Crippen LogP contribution in [0.15, 0.2) is 60.8 Å². The van der Waals surface area contributed by atoms with Crippen molar-refractivity contribution in [3.63, 3.8) is 0 Å². The minimum atomic E-state index is -5.19. The topological polar surface area (TPSA) is 71.2 Å². The van der Waals surface area contributed by atoms with Crippen molar-refractivity contribution in [3.8, 4) is 0 Å². The van der Waals surface area contributed by atoms with Gasteiger partial charge in [0, 0.05) is 40.0 Å². The number of primary amides is 1. The molecule has 1 saturated heterocycles. The number of aryl methyl sites for hydroxylation is 2. The van der Waals surface area contributed by atoms with Crippen molar-refractivity contribution in [3.05, 3.63) is 82.1 Å². The highest BCUT2D eigenvalue weighted by Gasteiger charge is 2.70. The van der Waals surface area contributed by atoms with E-state index in [2.05, 4.69) is 16.0 Å². The number of pyridine rings is 1. The molecule has 3 N–H and O–H groups in total. The number of benzene rings is 1. The number of hydrogen-bond donors (Lipinski definition) is 2. The summed E-state index contributed by atoms with van der Waals surface area (Å²) in [6, 6.07) is 14.3. The Morgan fingerprint density at radius 1 is 1.10 bits per heavy atom. The molecule has 3 aromatic rings. The molecule has 1 fully saturated rings. The average Bonchev–Trinajstić information content (AvgIpc) is 3.51. The molecule has 0 spiro atoms. The van der Waals surface area contributed by atoms with Gasteiger partial charge in [0.15, 0.2) is 5.13 Å². The fourth-order valence-electron chi connectivity index (χ4n) is 5.09. The summed E-state index contributed by atoms with van der Waals surface area (Å²) < 4.78 is 74.4. The number of nitrogens with zero attached hydrogens (tertiary/aromatic N) is 2. The summed E-state index contributed by atoms with van der Waals surface area (Å²) in [5.74, 6) is -3.70. The predicted molar refractivity (Wildman–Crippen MR) is 143 cm³/mol. The lowest BCUT2D eigenvalue weighted by molar-refractivity contribution is -0.259. The van der Waals surface area contributed by atoms with Gasteiger partial charge in [0.25, 0.3) is 5.79 Å². The van der Waals surface area contributed by atoms with Gasteiger partial charge < -0.3 is 11.1 Å². The summed E-state index contributed by atoms with van der Waals surface area (Å²) in [5.41, 5.74) is 3.42. The van der Waals surface area contributed by atoms with Crippen LogP contribution in [0, 0.1) is 17.5 Å². The molecule has 2 aromatic heterocycles. The Kier molecular flexibility index (Phi) is 9.38. The summed E-state index contributed by atoms with van der Waals surface area (Å²) in [6.45, 7) is 5.85. The third-order valence-electron chi connectivity index (χ3n) is 7.45. The first kappa shape index (κ1) is 30.5. The number of likely N-dealkylation sites (tertiary alicyclic amines) is 1. The second kappa shape index (κ2) is 12.0. The molecule has 39 heavy (non-hydrogen) atoms. The molecule has 0 aliphatic carbocycles. The molecular weight excluding hydrogens is 535 g/mol. The van der Waals surface area contributed by atoms with Gasteiger partial charge in [0.05, 0.1) is 0 Å². The number of thiophene rings is 1. The summed E-state index contributed by atoms with van der Waals surface area (Å²) in [5, 5.41) is 1.83. The van der Waals surface area contributed by atoms with Crippen molar-refractivity contribution in [1.82, 2.24) is 9.88 Å². The highest BCUT2D eigenvalue weighted by molar-refractivity contribution is 7.10. The number of amides is 1. The number of carbonyl (C=O) groups excluding carboxylic acids is 1. The quantitative estimate of drug-likeness (QED) is 0.183. The highest BCUT2D eigenvalue weighted by Crippen LogP contribution is 2.55. The van der Waals surface area contributed by atoms with Crippen LogP contribution in [0.1, 0.15) is 42.8 Å². The second-order valence-electron chi connectivity index (χ2n) is 10.2. The van der Waals surface area contributed by atoms with Crippen LogP contribution in [0.2, 0.25) is 0 Å². The number of para-hydroxylation sites is 1. The van der Waals surface area contributed by atoms with E-state index in [-0.39, 0.29) is 44.4 Å². The summed E-state index contributed by atoms with van der Waals surface area (Å²) in [6.07, 6.45) is -3.18. The standard InChI is InChI=1S/C27H30F5N3S.CH3NO/c1-19-9-10-20(17-33-19)24(2,3)35-16-15-25(18-35,14-13-22-11-12-23(28)36-22)26(29,27(30,31)32)34-21-7-5-4-6-8-21;2-1-3/h4-12,17,34H,13-16,18H2,1-3H3;1H,(H2,2,3). The Labute approximate surface area is 229 Å². The molecule has 0 saturated carbocycles. The zero-order chi connectivity index (χ0) is 28.9. The number of nitrogens with two attached hydrogens (primary N) is 1. The van der Waals surface area contributed by atoms with E-state index in [1.54, 1.807) is 30.5 Å². The van der Waals surface area contributed by atoms with E-state index >= 15 is 4.39 Å². The third kappa shape index (κ3) is 6.58. The van der Waals surface area contributed by atoms with Gasteiger partial charge in [-0.1, -0.05) is 24.3 Å². The van der Waals surface area contributed by atoms with Crippen LogP contribution in [-0.4, -0.2) is 41.4 Å². The molecule has 11 heteroatoms. The molecule has 212 valence electrons. The van der Waals surface area contributed by atoms with Crippen LogP contribution in [-0.2, 0) is 16.8 Å². The van der Waals surface area contributed by atoms with E-state index in [4.69, 9.17) is 4.79 Å². The van der Waals surface area contributed by atoms with Crippen LogP contribution in [0.4, 0.5) is 27.6 Å². The van der Waals surface area contributed by atoms with Gasteiger partial charge in [-0.3, -0.25) is 14.7 Å². The first-order valence-electron chi connectivity index (χ1n) is 12.4. The Morgan fingerprint density at radius 3 is 2.31 bits per heavy atom. The molecular formula is C28H33F5N4OS. The number of aromatic nitrogens is 1. The minimum absolute atomic E-state index is 0.0145. The molecule has 3 heterocycles. The summed E-state index contributed by atoms with van der Waals surface area (Å²) in [7, 11) is 0. The zero-order valence-electron chi connectivity index (χ0n) is 22.1. The zero-order valence-corrected chi connectivity index (χ0v) is 22.9. The van der Waals surface area contributed by atoms with Gasteiger partial charge in [0.1, 0.15) is 0 Å². The molecule has 0 bridgehead atoms. The lowest BCUT2D eigenvalue weighted by Crippen LogP contribution is -2.62. The van der Waals surface area contributed by atoms with Crippen molar-refractivity contribution in [2.24, 2.45) is 11.1 Å². The Balaban J connectivity index is 0.00000134. The van der Waals surface area contributed by atoms with Gasteiger partial charge in [-0.25, -0.2) is 4.39 Å². The van der Waals surface area contributed by atoms with Crippen molar-refractivity contribution in [1.29, 1.82) is 0 Å². The van der Waals surface area contributed by atoms with E-state index in [1.165, 1.54) is 18.2 Å². The number of hydrogen-bond acceptors (Lipinski definition) is 5. The molecule has 1 amide bonds. The van der Waals surface area contributed by atoms with Crippen molar-refractivity contribution in [2.75, 3.05) is 18.4 Å². The van der Waals surface area contributed by atoms with Crippen LogP contribution in [0.3, 0.4) is 0 Å². The number of carbonyl (C=O) groups is 1. The smallest absolute Gasteiger partial charge is 0.372 e. The van der Waals surface area contributed by atoms with E-state index in [1.807, 2.05) is 37.8 Å². The first-order chi connectivity index (χ1) is 18.3. The number of alkyl halides is 4. The molecule has 2 unspecified atom stereocenters. The van der Waals surface area contributed by atoms with Crippen LogP contribution in [0.25, 0.3) is 0 Å². The maximum Gasteiger partial charge on any atom is 0.442 e. The molecule has 1 aliphatic rings. The Bertz CT molecular complexity index is 1220. The van der Waals surface area contributed by atoms with Crippen molar-refractivity contribution < 1.29 is 26.7 Å². The normalized spacial score (nSPS) is 19.6. The SMILES string of the molecule is Cc1ccc(C(C)(C)N2CCC(CCc3ccc(F)s3)(C(F)(Nc3ccccc3)C(F)(F)F)C2)cn1.NC=O. The maximum absolute atomic E-state index is 16.7. The molecule has 4 rings (SSSR count). The van der Waals surface area contributed by atoms with E-state index in [0.717, 1.165) is 22.6 Å². The number of halogens is 5. The lowest BCUT2D eigenvalue weighted by atomic mass is 9.72. The van der Waals surface area contributed by atoms with E-state index in [9.17, 15) is 17.6 Å². The fraction of sp³-hybridized carbons (Fsp3) is 0.429. The van der Waals surface area contributed by atoms with Gasteiger partial charge in [-0.2, -0.15) is 17.6 Å². The number of nitrogens with one attached hydrogen (secondary N) is 1. The fourth-order valence-corrected chi connectivity index (χ4v) is 5.82. The van der Waals surface area contributed by atoms with E-state index < -0.39 is 28.1 Å². The first-order valence-corrected chi connectivity index (χ1v) is 13.3. The molecule has 0 radical (unpaired) electrons. The number of anilines is 1. The van der Waals surface area contributed by atoms with Crippen molar-refractivity contribution in [2.45, 2.75) is 57.5 Å². The number of rotatable bonds is 8. The maximum atomic E-state index is 16.7. The Morgan fingerprint density at radius 2 is 1.77 bits per heavy atom. The van der Waals surface area contributed by atoms with Gasteiger partial charge in [-0.15, -0.1) is 11.3 Å². The second-order valence-corrected chi connectivity index (χ2v) is 11.3. The summed E-state index contributed by atoms with van der Waals surface area (Å²) >= 11 is 0.884.